The van der Waals surface area contributed by atoms with Crippen molar-refractivity contribution in [2.75, 3.05) is 4.90 Å². The lowest BCUT2D eigenvalue weighted by atomic mass is 10.1. The first-order chi connectivity index (χ1) is 9.51. The Hall–Kier alpha value is -2.27. The molecule has 0 aliphatic carbocycles. The van der Waals surface area contributed by atoms with Gasteiger partial charge in [0.15, 0.2) is 5.69 Å². The lowest BCUT2D eigenvalue weighted by Gasteiger charge is -2.30. The highest BCUT2D eigenvalue weighted by Crippen LogP contribution is 2.30. The maximum atomic E-state index is 7.04. The fourth-order valence-electron chi connectivity index (χ4n) is 2.52. The van der Waals surface area contributed by atoms with Crippen LogP contribution in [0.4, 0.5) is 17.1 Å². The average molecular weight is 264 g/mol. The molecule has 0 bridgehead atoms. The Balaban J connectivity index is 2.47. The number of anilines is 2. The van der Waals surface area contributed by atoms with Crippen LogP contribution in [0, 0.1) is 20.4 Å². The molecule has 0 amide bonds. The molecule has 0 aromatic heterocycles. The minimum atomic E-state index is 0.356. The van der Waals surface area contributed by atoms with Crippen LogP contribution in [0.1, 0.15) is 25.0 Å². The highest BCUT2D eigenvalue weighted by atomic mass is 15.2. The van der Waals surface area contributed by atoms with Gasteiger partial charge in [-0.1, -0.05) is 18.2 Å². The van der Waals surface area contributed by atoms with Crippen molar-refractivity contribution in [3.63, 3.8) is 0 Å². The third-order valence-electron chi connectivity index (χ3n) is 3.26. The van der Waals surface area contributed by atoms with Gasteiger partial charge in [-0.2, -0.15) is 0 Å². The van der Waals surface area contributed by atoms with E-state index in [4.69, 9.17) is 6.57 Å². The van der Waals surface area contributed by atoms with Crippen molar-refractivity contribution in [1.82, 2.24) is 0 Å². The molecule has 0 fully saturated rings. The summed E-state index contributed by atoms with van der Waals surface area (Å²) < 4.78 is 0. The first kappa shape index (κ1) is 14.1. The molecule has 0 spiro atoms. The summed E-state index contributed by atoms with van der Waals surface area (Å²) in [5, 5.41) is 0. The zero-order chi connectivity index (χ0) is 14.7. The molecule has 0 aliphatic rings. The molecular formula is C18H20N2. The molecule has 0 saturated carbocycles. The van der Waals surface area contributed by atoms with Gasteiger partial charge in [-0.15, -0.1) is 0 Å². The zero-order valence-electron chi connectivity index (χ0n) is 12.5. The number of nitrogens with zero attached hydrogens (tertiary/aromatic N) is 2. The number of rotatable bonds is 3. The Labute approximate surface area is 121 Å². The quantitative estimate of drug-likeness (QED) is 0.673. The lowest BCUT2D eigenvalue weighted by molar-refractivity contribution is 0.788. The molecule has 0 aliphatic heterocycles. The van der Waals surface area contributed by atoms with Gasteiger partial charge in [0, 0.05) is 17.4 Å². The van der Waals surface area contributed by atoms with Crippen LogP contribution in [0.5, 0.6) is 0 Å². The molecule has 2 aromatic carbocycles. The summed E-state index contributed by atoms with van der Waals surface area (Å²) in [5.74, 6) is 0. The van der Waals surface area contributed by atoms with Gasteiger partial charge in [0.2, 0.25) is 0 Å². The minimum Gasteiger partial charge on any atom is -0.339 e. The van der Waals surface area contributed by atoms with Crippen LogP contribution in [0.3, 0.4) is 0 Å². The molecule has 2 nitrogen and oxygen atoms in total. The van der Waals surface area contributed by atoms with Crippen molar-refractivity contribution in [3.8, 4) is 0 Å². The molecule has 0 radical (unpaired) electrons. The maximum absolute atomic E-state index is 7.04. The minimum absolute atomic E-state index is 0.356. The average Bonchev–Trinajstić information content (AvgIpc) is 2.38. The van der Waals surface area contributed by atoms with E-state index in [0.29, 0.717) is 11.7 Å². The summed E-state index contributed by atoms with van der Waals surface area (Å²) in [6, 6.07) is 14.7. The highest BCUT2D eigenvalue weighted by Gasteiger charge is 2.13. The topological polar surface area (TPSA) is 7.60 Å². The zero-order valence-corrected chi connectivity index (χ0v) is 12.5. The fraction of sp³-hybridized carbons (Fsp3) is 0.278. The van der Waals surface area contributed by atoms with Gasteiger partial charge in [0.1, 0.15) is 0 Å². The number of aryl methyl sites for hydroxylation is 2. The van der Waals surface area contributed by atoms with Crippen LogP contribution in [0.25, 0.3) is 4.85 Å². The summed E-state index contributed by atoms with van der Waals surface area (Å²) in [7, 11) is 0. The van der Waals surface area contributed by atoms with E-state index in [-0.39, 0.29) is 0 Å². The normalized spacial score (nSPS) is 10.4. The summed E-state index contributed by atoms with van der Waals surface area (Å²) in [6.07, 6.45) is 0. The summed E-state index contributed by atoms with van der Waals surface area (Å²) in [4.78, 5) is 5.75. The summed E-state index contributed by atoms with van der Waals surface area (Å²) in [6.45, 7) is 15.6. The van der Waals surface area contributed by atoms with E-state index in [1.54, 1.807) is 0 Å². The van der Waals surface area contributed by atoms with Crippen molar-refractivity contribution in [2.24, 2.45) is 0 Å². The van der Waals surface area contributed by atoms with Gasteiger partial charge in [-0.3, -0.25) is 0 Å². The van der Waals surface area contributed by atoms with Crippen molar-refractivity contribution in [2.45, 2.75) is 33.7 Å². The maximum Gasteiger partial charge on any atom is 0.187 e. The second kappa shape index (κ2) is 5.79. The molecule has 0 unspecified atom stereocenters. The molecule has 0 saturated heterocycles. The smallest absolute Gasteiger partial charge is 0.187 e. The fourth-order valence-corrected chi connectivity index (χ4v) is 2.52. The first-order valence-electron chi connectivity index (χ1n) is 6.86. The van der Waals surface area contributed by atoms with Gasteiger partial charge in [0.25, 0.3) is 0 Å². The highest BCUT2D eigenvalue weighted by molar-refractivity contribution is 5.67. The van der Waals surface area contributed by atoms with E-state index < -0.39 is 0 Å². The molecular weight excluding hydrogens is 244 g/mol. The van der Waals surface area contributed by atoms with Gasteiger partial charge < -0.3 is 4.90 Å². The van der Waals surface area contributed by atoms with E-state index >= 15 is 0 Å². The third-order valence-corrected chi connectivity index (χ3v) is 3.26. The molecule has 0 heterocycles. The molecule has 102 valence electrons. The second-order valence-electron chi connectivity index (χ2n) is 5.44. The predicted molar refractivity (Wildman–Crippen MR) is 85.9 cm³/mol. The molecule has 2 rings (SSSR count). The second-order valence-corrected chi connectivity index (χ2v) is 5.44. The van der Waals surface area contributed by atoms with Gasteiger partial charge in [-0.25, -0.2) is 4.85 Å². The third kappa shape index (κ3) is 3.00. The van der Waals surface area contributed by atoms with E-state index in [1.807, 2.05) is 24.3 Å². The monoisotopic (exact) mass is 264 g/mol. The van der Waals surface area contributed by atoms with Gasteiger partial charge in [-0.05, 0) is 63.1 Å². The Morgan fingerprint density at radius 2 is 1.45 bits per heavy atom. The molecule has 2 aromatic rings. The SMILES string of the molecule is [C-]#[N+]c1ccc(N(c2cc(C)cc(C)c2)C(C)C)cc1. The Morgan fingerprint density at radius 1 is 0.900 bits per heavy atom. The van der Waals surface area contributed by atoms with E-state index in [9.17, 15) is 0 Å². The Morgan fingerprint density at radius 3 is 1.90 bits per heavy atom. The van der Waals surface area contributed by atoms with Crippen LogP contribution in [0.15, 0.2) is 42.5 Å². The number of benzene rings is 2. The van der Waals surface area contributed by atoms with Crippen molar-refractivity contribution >= 4 is 17.1 Å². The van der Waals surface area contributed by atoms with Crippen LogP contribution < -0.4 is 4.90 Å². The first-order valence-corrected chi connectivity index (χ1v) is 6.86. The van der Waals surface area contributed by atoms with E-state index in [0.717, 1.165) is 5.69 Å². The summed E-state index contributed by atoms with van der Waals surface area (Å²) >= 11 is 0. The van der Waals surface area contributed by atoms with Crippen LogP contribution in [-0.4, -0.2) is 6.04 Å². The largest absolute Gasteiger partial charge is 0.339 e. The number of hydrogen-bond donors (Lipinski definition) is 0. The van der Waals surface area contributed by atoms with E-state index in [2.05, 4.69) is 55.6 Å². The predicted octanol–water partition coefficient (Wildman–Crippen LogP) is 5.40. The van der Waals surface area contributed by atoms with E-state index in [1.165, 1.54) is 16.8 Å². The molecule has 2 heteroatoms. The number of hydrogen-bond acceptors (Lipinski definition) is 1. The lowest BCUT2D eigenvalue weighted by Crippen LogP contribution is -2.25. The van der Waals surface area contributed by atoms with Crippen LogP contribution in [-0.2, 0) is 0 Å². The molecule has 20 heavy (non-hydrogen) atoms. The summed E-state index contributed by atoms with van der Waals surface area (Å²) in [5.41, 5.74) is 5.54. The van der Waals surface area contributed by atoms with Crippen LogP contribution >= 0.6 is 0 Å². The van der Waals surface area contributed by atoms with Crippen molar-refractivity contribution in [3.05, 3.63) is 65.0 Å². The molecule has 0 N–H and O–H groups in total. The van der Waals surface area contributed by atoms with Crippen molar-refractivity contribution in [1.29, 1.82) is 0 Å². The van der Waals surface area contributed by atoms with Gasteiger partial charge >= 0.3 is 0 Å². The Kier molecular flexibility index (Phi) is 4.10. The molecule has 0 atom stereocenters. The van der Waals surface area contributed by atoms with Crippen molar-refractivity contribution < 1.29 is 0 Å². The van der Waals surface area contributed by atoms with Gasteiger partial charge in [0.05, 0.1) is 6.57 Å². The Bertz CT molecular complexity index is 613. The standard InChI is InChI=1S/C18H20N2/c1-13(2)20(17-8-6-16(19-5)7-9-17)18-11-14(3)10-15(4)12-18/h6-13H,1-4H3. The van der Waals surface area contributed by atoms with Crippen LogP contribution in [0.2, 0.25) is 0 Å².